The van der Waals surface area contributed by atoms with Crippen LogP contribution in [0.3, 0.4) is 0 Å². The third-order valence-corrected chi connectivity index (χ3v) is 4.13. The van der Waals surface area contributed by atoms with E-state index in [9.17, 15) is 13.2 Å². The minimum Gasteiger partial charge on any atom is -0.352 e. The van der Waals surface area contributed by atoms with Gasteiger partial charge in [-0.15, -0.1) is 4.40 Å². The zero-order chi connectivity index (χ0) is 14.9. The van der Waals surface area contributed by atoms with E-state index >= 15 is 0 Å². The molecule has 0 radical (unpaired) electrons. The molecule has 0 saturated carbocycles. The summed E-state index contributed by atoms with van der Waals surface area (Å²) in [4.78, 5) is 13.5. The van der Waals surface area contributed by atoms with Gasteiger partial charge in [0.1, 0.15) is 4.90 Å². The molecule has 1 N–H and O–H groups in total. The lowest BCUT2D eigenvalue weighted by atomic mass is 10.2. The van der Waals surface area contributed by atoms with Crippen LogP contribution in [0.25, 0.3) is 0 Å². The van der Waals surface area contributed by atoms with Crippen molar-refractivity contribution < 1.29 is 13.2 Å². The first-order chi connectivity index (χ1) is 9.31. The number of likely N-dealkylation sites (N-methyl/N-ethyl adjacent to an activating group) is 1. The largest absolute Gasteiger partial charge is 0.352 e. The van der Waals surface area contributed by atoms with E-state index in [0.29, 0.717) is 11.4 Å². The molecule has 7 heteroatoms. The molecular formula is C13H17N3O3S. The van der Waals surface area contributed by atoms with Gasteiger partial charge in [-0.05, 0) is 26.0 Å². The molecule has 1 heterocycles. The number of hydrogen-bond donors (Lipinski definition) is 1. The topological polar surface area (TPSA) is 78.8 Å². The van der Waals surface area contributed by atoms with E-state index in [0.717, 1.165) is 0 Å². The fourth-order valence-corrected chi connectivity index (χ4v) is 3.27. The van der Waals surface area contributed by atoms with E-state index in [1.807, 2.05) is 13.8 Å². The van der Waals surface area contributed by atoms with Crippen molar-refractivity contribution in [1.82, 2.24) is 10.2 Å². The number of carbonyl (C=O) groups is 1. The molecular weight excluding hydrogens is 278 g/mol. The van der Waals surface area contributed by atoms with Gasteiger partial charge in [0.15, 0.2) is 5.84 Å². The number of amidine groups is 1. The molecule has 0 fully saturated rings. The summed E-state index contributed by atoms with van der Waals surface area (Å²) in [5.41, 5.74) is 0.535. The van der Waals surface area contributed by atoms with Crippen molar-refractivity contribution in [3.63, 3.8) is 0 Å². The number of carbonyl (C=O) groups excluding carboxylic acids is 1. The normalized spacial score (nSPS) is 15.7. The number of benzene rings is 1. The lowest BCUT2D eigenvalue weighted by Crippen LogP contribution is -2.40. The van der Waals surface area contributed by atoms with Crippen LogP contribution in [0.4, 0.5) is 0 Å². The highest BCUT2D eigenvalue weighted by atomic mass is 32.2. The quantitative estimate of drug-likeness (QED) is 0.885. The van der Waals surface area contributed by atoms with Crippen LogP contribution >= 0.6 is 0 Å². The van der Waals surface area contributed by atoms with Crippen LogP contribution < -0.4 is 5.32 Å². The zero-order valence-corrected chi connectivity index (χ0v) is 12.4. The Labute approximate surface area is 118 Å². The highest BCUT2D eigenvalue weighted by Crippen LogP contribution is 2.26. The smallest absolute Gasteiger partial charge is 0.285 e. The van der Waals surface area contributed by atoms with Crippen molar-refractivity contribution in [3.05, 3.63) is 29.8 Å². The minimum atomic E-state index is -3.64. The van der Waals surface area contributed by atoms with Gasteiger partial charge in [0, 0.05) is 18.7 Å². The predicted molar refractivity (Wildman–Crippen MR) is 76.1 cm³/mol. The summed E-state index contributed by atoms with van der Waals surface area (Å²) in [5.74, 6) is 0.131. The molecule has 0 saturated heterocycles. The fourth-order valence-electron chi connectivity index (χ4n) is 2.02. The van der Waals surface area contributed by atoms with Crippen LogP contribution in [-0.2, 0) is 14.8 Å². The monoisotopic (exact) mass is 295 g/mol. The summed E-state index contributed by atoms with van der Waals surface area (Å²) in [6.45, 7) is 3.79. The van der Waals surface area contributed by atoms with Gasteiger partial charge in [-0.2, -0.15) is 8.42 Å². The lowest BCUT2D eigenvalue weighted by molar-refractivity contribution is -0.121. The van der Waals surface area contributed by atoms with Gasteiger partial charge in [0.2, 0.25) is 5.91 Å². The number of amides is 1. The van der Waals surface area contributed by atoms with Crippen molar-refractivity contribution >= 4 is 21.8 Å². The maximum absolute atomic E-state index is 11.9. The van der Waals surface area contributed by atoms with Gasteiger partial charge in [-0.3, -0.25) is 4.79 Å². The molecule has 0 atom stereocenters. The molecule has 1 amide bonds. The van der Waals surface area contributed by atoms with E-state index in [2.05, 4.69) is 9.71 Å². The fraction of sp³-hybridized carbons (Fsp3) is 0.385. The summed E-state index contributed by atoms with van der Waals surface area (Å²) in [7, 11) is -1.99. The summed E-state index contributed by atoms with van der Waals surface area (Å²) >= 11 is 0. The average molecular weight is 295 g/mol. The van der Waals surface area contributed by atoms with Gasteiger partial charge < -0.3 is 10.2 Å². The Morgan fingerprint density at radius 3 is 2.65 bits per heavy atom. The highest BCUT2D eigenvalue weighted by Gasteiger charge is 2.30. The molecule has 1 aromatic carbocycles. The first kappa shape index (κ1) is 14.5. The number of sulfonamides is 1. The molecule has 0 spiro atoms. The molecule has 0 unspecified atom stereocenters. The van der Waals surface area contributed by atoms with E-state index in [1.165, 1.54) is 6.07 Å². The number of nitrogens with one attached hydrogen (secondary N) is 1. The zero-order valence-electron chi connectivity index (χ0n) is 11.6. The third kappa shape index (κ3) is 2.82. The SMILES string of the molecule is CC(C)NC(=O)CN(C)C1=NS(=O)(=O)c2ccccc21. The molecule has 1 aliphatic rings. The molecule has 1 aromatic rings. The van der Waals surface area contributed by atoms with Crippen LogP contribution in [0, 0.1) is 0 Å². The second kappa shape index (κ2) is 5.24. The summed E-state index contributed by atoms with van der Waals surface area (Å²) in [6.07, 6.45) is 0. The predicted octanol–water partition coefficient (Wildman–Crippen LogP) is 0.592. The minimum absolute atomic E-state index is 0.0393. The van der Waals surface area contributed by atoms with Gasteiger partial charge in [0.25, 0.3) is 10.0 Å². The van der Waals surface area contributed by atoms with E-state index < -0.39 is 10.0 Å². The van der Waals surface area contributed by atoms with Crippen LogP contribution in [0.5, 0.6) is 0 Å². The van der Waals surface area contributed by atoms with Crippen LogP contribution in [0.2, 0.25) is 0 Å². The first-order valence-electron chi connectivity index (χ1n) is 6.26. The summed E-state index contributed by atoms with van der Waals surface area (Å²) in [6, 6.07) is 6.65. The van der Waals surface area contributed by atoms with Gasteiger partial charge >= 0.3 is 0 Å². The Bertz CT molecular complexity index is 665. The Morgan fingerprint density at radius 1 is 1.35 bits per heavy atom. The number of hydrogen-bond acceptors (Lipinski definition) is 4. The molecule has 20 heavy (non-hydrogen) atoms. The van der Waals surface area contributed by atoms with Crippen molar-refractivity contribution in [2.24, 2.45) is 4.40 Å². The van der Waals surface area contributed by atoms with Gasteiger partial charge in [0.05, 0.1) is 6.54 Å². The summed E-state index contributed by atoms with van der Waals surface area (Å²) in [5, 5.41) is 2.76. The summed E-state index contributed by atoms with van der Waals surface area (Å²) < 4.78 is 27.6. The third-order valence-electron chi connectivity index (χ3n) is 2.80. The maximum atomic E-state index is 11.9. The van der Waals surface area contributed by atoms with Gasteiger partial charge in [-0.25, -0.2) is 0 Å². The van der Waals surface area contributed by atoms with Crippen LogP contribution in [0.15, 0.2) is 33.6 Å². The van der Waals surface area contributed by atoms with Crippen LogP contribution in [-0.4, -0.2) is 44.7 Å². The second-order valence-corrected chi connectivity index (χ2v) is 6.54. The van der Waals surface area contributed by atoms with Crippen molar-refractivity contribution in [2.45, 2.75) is 24.8 Å². The van der Waals surface area contributed by atoms with Crippen molar-refractivity contribution in [2.75, 3.05) is 13.6 Å². The molecule has 0 aliphatic carbocycles. The molecule has 2 rings (SSSR count). The average Bonchev–Trinajstić information content (AvgIpc) is 2.61. The van der Waals surface area contributed by atoms with Gasteiger partial charge in [-0.1, -0.05) is 12.1 Å². The van der Waals surface area contributed by atoms with Crippen LogP contribution in [0.1, 0.15) is 19.4 Å². The second-order valence-electron chi connectivity index (χ2n) is 4.96. The highest BCUT2D eigenvalue weighted by molar-refractivity contribution is 7.90. The number of nitrogens with zero attached hydrogens (tertiary/aromatic N) is 2. The Kier molecular flexibility index (Phi) is 3.80. The number of rotatable bonds is 3. The molecule has 0 aromatic heterocycles. The molecule has 108 valence electrons. The number of fused-ring (bicyclic) bond motifs is 1. The lowest BCUT2D eigenvalue weighted by Gasteiger charge is -2.19. The van der Waals surface area contributed by atoms with E-state index in [4.69, 9.17) is 0 Å². The Morgan fingerprint density at radius 2 is 2.00 bits per heavy atom. The maximum Gasteiger partial charge on any atom is 0.285 e. The molecule has 6 nitrogen and oxygen atoms in total. The Balaban J connectivity index is 2.24. The molecule has 1 aliphatic heterocycles. The van der Waals surface area contributed by atoms with Crippen molar-refractivity contribution in [1.29, 1.82) is 0 Å². The van der Waals surface area contributed by atoms with E-state index in [1.54, 1.807) is 30.1 Å². The standard InChI is InChI=1S/C13H17N3O3S/c1-9(2)14-12(17)8-16(3)13-10-6-4-5-7-11(10)20(18,19)15-13/h4-7,9H,8H2,1-3H3,(H,14,17). The molecule has 0 bridgehead atoms. The van der Waals surface area contributed by atoms with Crippen molar-refractivity contribution in [3.8, 4) is 0 Å². The van der Waals surface area contributed by atoms with E-state index in [-0.39, 0.29) is 23.4 Å². The first-order valence-corrected chi connectivity index (χ1v) is 7.70. The Hall–Kier alpha value is -1.89.